The molecule has 1 aromatic rings. The first-order valence-corrected chi connectivity index (χ1v) is 5.72. The standard InChI is InChI=1S/C13H17F2NO2/c1-8-6-10(12(15)7-11(8)14)13(18)16(3)5-4-9(2)17/h6-7,9,17H,4-5H2,1-3H3. The SMILES string of the molecule is Cc1cc(C(=O)N(C)CCC(C)O)c(F)cc1F. The molecule has 1 aromatic carbocycles. The van der Waals surface area contributed by atoms with E-state index in [4.69, 9.17) is 5.11 Å². The van der Waals surface area contributed by atoms with Crippen molar-refractivity contribution in [3.05, 3.63) is 34.9 Å². The smallest absolute Gasteiger partial charge is 0.256 e. The number of rotatable bonds is 4. The summed E-state index contributed by atoms with van der Waals surface area (Å²) in [7, 11) is 1.52. The molecule has 1 unspecified atom stereocenters. The van der Waals surface area contributed by atoms with Crippen LogP contribution in [0.5, 0.6) is 0 Å². The topological polar surface area (TPSA) is 40.5 Å². The Morgan fingerprint density at radius 2 is 2.00 bits per heavy atom. The van der Waals surface area contributed by atoms with Crippen LogP contribution in [0.1, 0.15) is 29.3 Å². The van der Waals surface area contributed by atoms with Gasteiger partial charge in [-0.3, -0.25) is 4.79 Å². The molecule has 0 saturated heterocycles. The Balaban J connectivity index is 2.87. The lowest BCUT2D eigenvalue weighted by atomic mass is 10.1. The van der Waals surface area contributed by atoms with E-state index < -0.39 is 23.6 Å². The number of carbonyl (C=O) groups is 1. The van der Waals surface area contributed by atoms with Crippen LogP contribution in [0.4, 0.5) is 8.78 Å². The van der Waals surface area contributed by atoms with E-state index in [1.807, 2.05) is 0 Å². The van der Waals surface area contributed by atoms with Crippen molar-refractivity contribution in [2.24, 2.45) is 0 Å². The number of hydrogen-bond acceptors (Lipinski definition) is 2. The van der Waals surface area contributed by atoms with Crippen molar-refractivity contribution in [2.45, 2.75) is 26.4 Å². The van der Waals surface area contributed by atoms with Crippen LogP contribution in [0, 0.1) is 18.6 Å². The van der Waals surface area contributed by atoms with Gasteiger partial charge in [-0.2, -0.15) is 0 Å². The summed E-state index contributed by atoms with van der Waals surface area (Å²) in [5.74, 6) is -2.06. The minimum Gasteiger partial charge on any atom is -0.393 e. The van der Waals surface area contributed by atoms with Crippen LogP contribution < -0.4 is 0 Å². The molecule has 1 N–H and O–H groups in total. The van der Waals surface area contributed by atoms with Crippen molar-refractivity contribution >= 4 is 5.91 Å². The summed E-state index contributed by atoms with van der Waals surface area (Å²) in [5.41, 5.74) is 0.0747. The van der Waals surface area contributed by atoms with Gasteiger partial charge >= 0.3 is 0 Å². The van der Waals surface area contributed by atoms with Gasteiger partial charge in [0.1, 0.15) is 11.6 Å². The summed E-state index contributed by atoms with van der Waals surface area (Å²) < 4.78 is 26.6. The van der Waals surface area contributed by atoms with E-state index in [0.717, 1.165) is 0 Å². The molecule has 0 aliphatic heterocycles. The van der Waals surface area contributed by atoms with Crippen molar-refractivity contribution in [1.29, 1.82) is 0 Å². The summed E-state index contributed by atoms with van der Waals surface area (Å²) >= 11 is 0. The van der Waals surface area contributed by atoms with Gasteiger partial charge in [0.15, 0.2) is 0 Å². The third-order valence-corrected chi connectivity index (χ3v) is 2.71. The average molecular weight is 257 g/mol. The third-order valence-electron chi connectivity index (χ3n) is 2.71. The lowest BCUT2D eigenvalue weighted by molar-refractivity contribution is 0.0764. The number of amides is 1. The fourth-order valence-electron chi connectivity index (χ4n) is 1.51. The molecule has 0 aliphatic rings. The monoisotopic (exact) mass is 257 g/mol. The highest BCUT2D eigenvalue weighted by atomic mass is 19.1. The van der Waals surface area contributed by atoms with Gasteiger partial charge in [-0.15, -0.1) is 0 Å². The Labute approximate surface area is 105 Å². The lowest BCUT2D eigenvalue weighted by Gasteiger charge is -2.18. The average Bonchev–Trinajstić information content (AvgIpc) is 2.29. The Morgan fingerprint density at radius 1 is 1.39 bits per heavy atom. The van der Waals surface area contributed by atoms with E-state index in [1.54, 1.807) is 6.92 Å². The van der Waals surface area contributed by atoms with Crippen LogP contribution in [-0.4, -0.2) is 35.6 Å². The fraction of sp³-hybridized carbons (Fsp3) is 0.462. The van der Waals surface area contributed by atoms with Crippen molar-refractivity contribution in [3.63, 3.8) is 0 Å². The van der Waals surface area contributed by atoms with Crippen LogP contribution in [0.15, 0.2) is 12.1 Å². The maximum absolute atomic E-state index is 13.5. The predicted octanol–water partition coefficient (Wildman–Crippen LogP) is 2.12. The maximum atomic E-state index is 13.5. The second-order valence-corrected chi connectivity index (χ2v) is 4.45. The van der Waals surface area contributed by atoms with Gasteiger partial charge < -0.3 is 10.0 Å². The molecule has 0 radical (unpaired) electrons. The van der Waals surface area contributed by atoms with E-state index >= 15 is 0 Å². The molecule has 0 aromatic heterocycles. The van der Waals surface area contributed by atoms with Crippen molar-refractivity contribution in [3.8, 4) is 0 Å². The van der Waals surface area contributed by atoms with Gasteiger partial charge in [-0.1, -0.05) is 0 Å². The van der Waals surface area contributed by atoms with Gasteiger partial charge in [-0.25, -0.2) is 8.78 Å². The first-order valence-electron chi connectivity index (χ1n) is 5.72. The van der Waals surface area contributed by atoms with Crippen LogP contribution in [0.3, 0.4) is 0 Å². The molecule has 100 valence electrons. The molecule has 0 bridgehead atoms. The summed E-state index contributed by atoms with van der Waals surface area (Å²) in [4.78, 5) is 13.2. The highest BCUT2D eigenvalue weighted by molar-refractivity contribution is 5.94. The minimum absolute atomic E-state index is 0.151. The number of aliphatic hydroxyl groups is 1. The molecule has 0 aliphatic carbocycles. The first-order chi connectivity index (χ1) is 8.32. The van der Waals surface area contributed by atoms with Gasteiger partial charge in [0, 0.05) is 19.7 Å². The first kappa shape index (κ1) is 14.6. The number of nitrogens with zero attached hydrogens (tertiary/aromatic N) is 1. The van der Waals surface area contributed by atoms with Crippen molar-refractivity contribution in [2.75, 3.05) is 13.6 Å². The molecule has 1 rings (SSSR count). The van der Waals surface area contributed by atoms with Crippen LogP contribution in [0.25, 0.3) is 0 Å². The Bertz CT molecular complexity index is 447. The number of benzene rings is 1. The molecule has 0 heterocycles. The molecule has 0 fully saturated rings. The molecule has 3 nitrogen and oxygen atoms in total. The molecular weight excluding hydrogens is 240 g/mol. The van der Waals surface area contributed by atoms with E-state index in [0.29, 0.717) is 19.0 Å². The third kappa shape index (κ3) is 3.50. The van der Waals surface area contributed by atoms with Crippen LogP contribution in [-0.2, 0) is 0 Å². The van der Waals surface area contributed by atoms with E-state index in [2.05, 4.69) is 0 Å². The Morgan fingerprint density at radius 3 is 2.56 bits per heavy atom. The van der Waals surface area contributed by atoms with Crippen molar-refractivity contribution in [1.82, 2.24) is 4.90 Å². The second kappa shape index (κ2) is 5.91. The van der Waals surface area contributed by atoms with Gasteiger partial charge in [-0.05, 0) is 31.9 Å². The summed E-state index contributed by atoms with van der Waals surface area (Å²) in [6.07, 6.45) is -0.121. The second-order valence-electron chi connectivity index (χ2n) is 4.45. The number of halogens is 2. The van der Waals surface area contributed by atoms with Gasteiger partial charge in [0.25, 0.3) is 5.91 Å². The predicted molar refractivity (Wildman–Crippen MR) is 64.4 cm³/mol. The maximum Gasteiger partial charge on any atom is 0.256 e. The summed E-state index contributed by atoms with van der Waals surface area (Å²) in [6, 6.07) is 1.91. The van der Waals surface area contributed by atoms with E-state index in [-0.39, 0.29) is 11.1 Å². The van der Waals surface area contributed by atoms with E-state index in [1.165, 1.54) is 24.9 Å². The Hall–Kier alpha value is -1.49. The molecule has 18 heavy (non-hydrogen) atoms. The number of aryl methyl sites for hydroxylation is 1. The minimum atomic E-state index is -0.869. The molecule has 1 amide bonds. The van der Waals surface area contributed by atoms with E-state index in [9.17, 15) is 13.6 Å². The molecular formula is C13H17F2NO2. The molecule has 0 spiro atoms. The molecule has 0 saturated carbocycles. The van der Waals surface area contributed by atoms with Gasteiger partial charge in [0.2, 0.25) is 0 Å². The number of hydrogen-bond donors (Lipinski definition) is 1. The fourth-order valence-corrected chi connectivity index (χ4v) is 1.51. The Kier molecular flexibility index (Phi) is 4.78. The lowest BCUT2D eigenvalue weighted by Crippen LogP contribution is -2.30. The zero-order valence-electron chi connectivity index (χ0n) is 10.7. The van der Waals surface area contributed by atoms with Crippen LogP contribution >= 0.6 is 0 Å². The largest absolute Gasteiger partial charge is 0.393 e. The highest BCUT2D eigenvalue weighted by Crippen LogP contribution is 2.16. The number of aliphatic hydroxyl groups excluding tert-OH is 1. The number of carbonyl (C=O) groups excluding carboxylic acids is 1. The normalized spacial score (nSPS) is 12.3. The van der Waals surface area contributed by atoms with Crippen LogP contribution in [0.2, 0.25) is 0 Å². The van der Waals surface area contributed by atoms with Gasteiger partial charge in [0.05, 0.1) is 11.7 Å². The zero-order valence-corrected chi connectivity index (χ0v) is 10.7. The summed E-state index contributed by atoms with van der Waals surface area (Å²) in [6.45, 7) is 3.40. The van der Waals surface area contributed by atoms with Crippen molar-refractivity contribution < 1.29 is 18.7 Å². The quantitative estimate of drug-likeness (QED) is 0.897. The molecule has 5 heteroatoms. The highest BCUT2D eigenvalue weighted by Gasteiger charge is 2.18. The molecule has 1 atom stereocenters. The summed E-state index contributed by atoms with van der Waals surface area (Å²) in [5, 5.41) is 9.13. The zero-order chi connectivity index (χ0) is 13.9.